The van der Waals surface area contributed by atoms with Crippen LogP contribution in [-0.2, 0) is 14.3 Å². The number of rotatable bonds is 6. The second-order valence-corrected chi connectivity index (χ2v) is 4.26. The Balaban J connectivity index is 2.65. The molecule has 96 valence electrons. The highest BCUT2D eigenvalue weighted by Gasteiger charge is 2.12. The molecule has 0 atom stereocenters. The quantitative estimate of drug-likeness (QED) is 0.527. The van der Waals surface area contributed by atoms with Crippen LogP contribution in [-0.4, -0.2) is 26.3 Å². The molecular formula is C14H22O3. The Bertz CT molecular complexity index is 303. The minimum Gasteiger partial charge on any atom is -0.462 e. The van der Waals surface area contributed by atoms with E-state index in [-0.39, 0.29) is 5.97 Å². The molecule has 0 amide bonds. The van der Waals surface area contributed by atoms with Crippen molar-refractivity contribution in [3.05, 3.63) is 23.3 Å². The molecule has 0 bridgehead atoms. The highest BCUT2D eigenvalue weighted by atomic mass is 16.5. The molecule has 3 heteroatoms. The van der Waals surface area contributed by atoms with Crippen molar-refractivity contribution in [3.8, 4) is 0 Å². The van der Waals surface area contributed by atoms with Crippen LogP contribution in [0.15, 0.2) is 23.3 Å². The zero-order chi connectivity index (χ0) is 12.5. The van der Waals surface area contributed by atoms with Crippen LogP contribution in [0.25, 0.3) is 0 Å². The van der Waals surface area contributed by atoms with E-state index < -0.39 is 0 Å². The van der Waals surface area contributed by atoms with Crippen LogP contribution >= 0.6 is 0 Å². The lowest BCUT2D eigenvalue weighted by Crippen LogP contribution is -2.13. The predicted molar refractivity (Wildman–Crippen MR) is 67.8 cm³/mol. The van der Waals surface area contributed by atoms with E-state index in [4.69, 9.17) is 9.47 Å². The number of hydrogen-bond acceptors (Lipinski definition) is 3. The topological polar surface area (TPSA) is 35.5 Å². The van der Waals surface area contributed by atoms with Crippen molar-refractivity contribution in [3.63, 3.8) is 0 Å². The zero-order valence-corrected chi connectivity index (χ0v) is 10.8. The van der Waals surface area contributed by atoms with E-state index in [0.717, 1.165) is 19.3 Å². The minimum absolute atomic E-state index is 0.250. The first-order chi connectivity index (χ1) is 8.27. The van der Waals surface area contributed by atoms with Gasteiger partial charge in [0.25, 0.3) is 0 Å². The van der Waals surface area contributed by atoms with Gasteiger partial charge >= 0.3 is 5.97 Å². The van der Waals surface area contributed by atoms with E-state index in [0.29, 0.717) is 18.8 Å². The fraction of sp³-hybridized carbons (Fsp3) is 0.643. The Labute approximate surface area is 103 Å². The van der Waals surface area contributed by atoms with Crippen LogP contribution in [0.4, 0.5) is 0 Å². The van der Waals surface area contributed by atoms with Gasteiger partial charge in [-0.1, -0.05) is 18.6 Å². The van der Waals surface area contributed by atoms with Gasteiger partial charge in [-0.15, -0.1) is 0 Å². The molecule has 0 aromatic rings. The van der Waals surface area contributed by atoms with E-state index in [1.807, 2.05) is 13.0 Å². The molecule has 0 unspecified atom stereocenters. The van der Waals surface area contributed by atoms with E-state index in [9.17, 15) is 4.79 Å². The molecule has 0 heterocycles. The van der Waals surface area contributed by atoms with Crippen molar-refractivity contribution in [2.75, 3.05) is 20.3 Å². The summed E-state index contributed by atoms with van der Waals surface area (Å²) in [6.07, 6.45) is 9.58. The molecule has 1 aliphatic carbocycles. The normalized spacial score (nSPS) is 16.6. The monoisotopic (exact) mass is 238 g/mol. The molecule has 0 N–H and O–H groups in total. The summed E-state index contributed by atoms with van der Waals surface area (Å²) in [5.41, 5.74) is 1.85. The lowest BCUT2D eigenvalue weighted by Gasteiger charge is -2.11. The molecule has 0 spiro atoms. The largest absolute Gasteiger partial charge is 0.462 e. The van der Waals surface area contributed by atoms with Gasteiger partial charge in [-0.3, -0.25) is 0 Å². The second-order valence-electron chi connectivity index (χ2n) is 4.26. The zero-order valence-electron chi connectivity index (χ0n) is 10.8. The molecular weight excluding hydrogens is 216 g/mol. The molecule has 0 radical (unpaired) electrons. The third-order valence-electron chi connectivity index (χ3n) is 2.69. The van der Waals surface area contributed by atoms with Crippen molar-refractivity contribution in [1.29, 1.82) is 0 Å². The van der Waals surface area contributed by atoms with Crippen molar-refractivity contribution in [2.24, 2.45) is 0 Å². The smallest absolute Gasteiger partial charge is 0.336 e. The molecule has 1 rings (SSSR count). The van der Waals surface area contributed by atoms with E-state index >= 15 is 0 Å². The first-order valence-corrected chi connectivity index (χ1v) is 6.33. The number of methoxy groups -OCH3 is 1. The van der Waals surface area contributed by atoms with E-state index in [1.165, 1.54) is 18.4 Å². The molecule has 0 aromatic carbocycles. The number of carbonyl (C=O) groups excluding carboxylic acids is 1. The molecule has 0 saturated carbocycles. The average molecular weight is 238 g/mol. The summed E-state index contributed by atoms with van der Waals surface area (Å²) in [6, 6.07) is 0. The Morgan fingerprint density at radius 1 is 1.47 bits per heavy atom. The summed E-state index contributed by atoms with van der Waals surface area (Å²) in [5.74, 6) is -0.250. The van der Waals surface area contributed by atoms with Crippen LogP contribution in [0.3, 0.4) is 0 Å². The molecule has 0 aromatic heterocycles. The van der Waals surface area contributed by atoms with Crippen LogP contribution in [0.5, 0.6) is 0 Å². The summed E-state index contributed by atoms with van der Waals surface area (Å²) >= 11 is 0. The summed E-state index contributed by atoms with van der Waals surface area (Å²) in [6.45, 7) is 2.77. The summed E-state index contributed by atoms with van der Waals surface area (Å²) in [5, 5.41) is 0. The Hall–Kier alpha value is -1.09. The van der Waals surface area contributed by atoms with Crippen LogP contribution in [0.2, 0.25) is 0 Å². The van der Waals surface area contributed by atoms with Crippen LogP contribution in [0, 0.1) is 0 Å². The summed E-state index contributed by atoms with van der Waals surface area (Å²) in [4.78, 5) is 11.8. The van der Waals surface area contributed by atoms with Gasteiger partial charge in [0.2, 0.25) is 0 Å². The van der Waals surface area contributed by atoms with Crippen LogP contribution in [0.1, 0.15) is 39.0 Å². The molecule has 0 saturated heterocycles. The molecule has 0 fully saturated rings. The fourth-order valence-electron chi connectivity index (χ4n) is 1.82. The van der Waals surface area contributed by atoms with E-state index in [1.54, 1.807) is 7.11 Å². The maximum Gasteiger partial charge on any atom is 0.336 e. The van der Waals surface area contributed by atoms with Crippen molar-refractivity contribution in [2.45, 2.75) is 39.0 Å². The maximum atomic E-state index is 11.8. The summed E-state index contributed by atoms with van der Waals surface area (Å²) < 4.78 is 10.2. The molecule has 17 heavy (non-hydrogen) atoms. The fourth-order valence-corrected chi connectivity index (χ4v) is 1.82. The molecule has 3 nitrogen and oxygen atoms in total. The standard InChI is InChI=1S/C14H22O3/c1-3-9-17-14(15)13(11-16-2)10-12-7-5-4-6-8-12/h7,10H,3-6,8-9,11H2,1-2H3. The highest BCUT2D eigenvalue weighted by molar-refractivity contribution is 5.89. The average Bonchev–Trinajstić information content (AvgIpc) is 2.36. The van der Waals surface area contributed by atoms with Crippen molar-refractivity contribution < 1.29 is 14.3 Å². The molecule has 1 aliphatic rings. The predicted octanol–water partition coefficient (Wildman–Crippen LogP) is 3.01. The lowest BCUT2D eigenvalue weighted by molar-refractivity contribution is -0.139. The van der Waals surface area contributed by atoms with Gasteiger partial charge in [0.1, 0.15) is 0 Å². The molecule has 0 aliphatic heterocycles. The SMILES string of the molecule is CCCOC(=O)C(=CC1=CCCCC1)COC. The Morgan fingerprint density at radius 2 is 2.29 bits per heavy atom. The van der Waals surface area contributed by atoms with Gasteiger partial charge in [-0.05, 0) is 38.2 Å². The number of esters is 1. The van der Waals surface area contributed by atoms with Gasteiger partial charge in [-0.25, -0.2) is 4.79 Å². The van der Waals surface area contributed by atoms with Gasteiger partial charge < -0.3 is 9.47 Å². The number of hydrogen-bond donors (Lipinski definition) is 0. The van der Waals surface area contributed by atoms with Gasteiger partial charge in [0.15, 0.2) is 0 Å². The third kappa shape index (κ3) is 5.18. The maximum absolute atomic E-state index is 11.8. The lowest BCUT2D eigenvalue weighted by atomic mass is 9.98. The van der Waals surface area contributed by atoms with Crippen LogP contribution < -0.4 is 0 Å². The number of carbonyl (C=O) groups is 1. The number of allylic oxidation sites excluding steroid dienone is 3. The first kappa shape index (κ1) is 14.0. The van der Waals surface area contributed by atoms with Crippen molar-refractivity contribution >= 4 is 5.97 Å². The Kier molecular flexibility index (Phi) is 6.63. The van der Waals surface area contributed by atoms with E-state index in [2.05, 4.69) is 6.08 Å². The second kappa shape index (κ2) is 8.07. The van der Waals surface area contributed by atoms with Gasteiger partial charge in [-0.2, -0.15) is 0 Å². The highest BCUT2D eigenvalue weighted by Crippen LogP contribution is 2.20. The van der Waals surface area contributed by atoms with Gasteiger partial charge in [0, 0.05) is 7.11 Å². The van der Waals surface area contributed by atoms with Crippen molar-refractivity contribution in [1.82, 2.24) is 0 Å². The van der Waals surface area contributed by atoms with Gasteiger partial charge in [0.05, 0.1) is 18.8 Å². The Morgan fingerprint density at radius 3 is 2.88 bits per heavy atom. The number of ether oxygens (including phenoxy) is 2. The third-order valence-corrected chi connectivity index (χ3v) is 2.69. The minimum atomic E-state index is -0.250. The summed E-state index contributed by atoms with van der Waals surface area (Å²) in [7, 11) is 1.59. The first-order valence-electron chi connectivity index (χ1n) is 6.33.